The number of nitrogens with one attached hydrogen (secondary N) is 1. The van der Waals surface area contributed by atoms with Gasteiger partial charge in [0.05, 0.1) is 28.3 Å². The molecule has 4 aromatic heterocycles. The van der Waals surface area contributed by atoms with Crippen LogP contribution < -0.4 is 5.32 Å². The fraction of sp³-hybridized carbons (Fsp3) is 0.0357. The van der Waals surface area contributed by atoms with Gasteiger partial charge in [0, 0.05) is 31.3 Å². The Kier molecular flexibility index (Phi) is 6.12. The lowest BCUT2D eigenvalue weighted by atomic mass is 10.0. The summed E-state index contributed by atoms with van der Waals surface area (Å²) in [7, 11) is 0. The van der Waals surface area contributed by atoms with Gasteiger partial charge in [-0.3, -0.25) is 19.7 Å². The normalized spacial score (nSPS) is 10.6. The minimum Gasteiger partial charge on any atom is -0.348 e. The number of aromatic nitrogens is 4. The largest absolute Gasteiger partial charge is 0.348 e. The number of amides is 1. The van der Waals surface area contributed by atoms with Crippen molar-refractivity contribution in [3.63, 3.8) is 0 Å². The van der Waals surface area contributed by atoms with Gasteiger partial charge in [0.15, 0.2) is 0 Å². The van der Waals surface area contributed by atoms with E-state index in [1.54, 1.807) is 36.9 Å². The minimum absolute atomic E-state index is 0.147. The Morgan fingerprint density at radius 1 is 0.676 bits per heavy atom. The lowest BCUT2D eigenvalue weighted by Crippen LogP contribution is -2.22. The van der Waals surface area contributed by atoms with E-state index in [4.69, 9.17) is 4.98 Å². The molecular formula is C28H21N5O. The third kappa shape index (κ3) is 4.86. The topological polar surface area (TPSA) is 80.7 Å². The Bertz CT molecular complexity index is 1330. The van der Waals surface area contributed by atoms with Crippen LogP contribution >= 0.6 is 0 Å². The van der Waals surface area contributed by atoms with Crippen molar-refractivity contribution in [2.45, 2.75) is 6.54 Å². The average Bonchev–Trinajstić information content (AvgIpc) is 2.93. The van der Waals surface area contributed by atoms with Gasteiger partial charge in [-0.1, -0.05) is 36.4 Å². The van der Waals surface area contributed by atoms with Gasteiger partial charge < -0.3 is 5.32 Å². The maximum Gasteiger partial charge on any atom is 0.253 e. The molecule has 0 fully saturated rings. The first-order valence-corrected chi connectivity index (χ1v) is 10.9. The third-order valence-corrected chi connectivity index (χ3v) is 5.34. The standard InChI is InChI=1S/C28H21N5O/c34-28(22-6-5-13-29-19-22)32-18-20-9-11-21(12-10-20)23-16-26(24-7-1-3-14-30-24)33-27(17-23)25-8-2-4-15-31-25/h1-17,19H,18H2,(H,32,34). The molecule has 5 rings (SSSR count). The molecule has 0 saturated carbocycles. The molecule has 0 bridgehead atoms. The summed E-state index contributed by atoms with van der Waals surface area (Å²) < 4.78 is 0. The minimum atomic E-state index is -0.147. The van der Waals surface area contributed by atoms with Gasteiger partial charge in [0.2, 0.25) is 0 Å². The molecule has 1 amide bonds. The van der Waals surface area contributed by atoms with E-state index in [0.29, 0.717) is 12.1 Å². The van der Waals surface area contributed by atoms with Gasteiger partial charge in [-0.25, -0.2) is 4.98 Å². The van der Waals surface area contributed by atoms with Gasteiger partial charge in [-0.15, -0.1) is 0 Å². The van der Waals surface area contributed by atoms with Crippen LogP contribution in [0, 0.1) is 0 Å². The van der Waals surface area contributed by atoms with E-state index in [1.807, 2.05) is 72.8 Å². The maximum absolute atomic E-state index is 12.3. The van der Waals surface area contributed by atoms with Crippen LogP contribution in [-0.2, 0) is 6.54 Å². The predicted molar refractivity (Wildman–Crippen MR) is 132 cm³/mol. The zero-order chi connectivity index (χ0) is 23.2. The summed E-state index contributed by atoms with van der Waals surface area (Å²) in [6.45, 7) is 0.433. The summed E-state index contributed by atoms with van der Waals surface area (Å²) in [5, 5.41) is 2.93. The smallest absolute Gasteiger partial charge is 0.253 e. The summed E-state index contributed by atoms with van der Waals surface area (Å²) in [5.74, 6) is -0.147. The Balaban J connectivity index is 1.42. The van der Waals surface area contributed by atoms with Crippen molar-refractivity contribution >= 4 is 5.91 Å². The van der Waals surface area contributed by atoms with Crippen LogP contribution in [0.3, 0.4) is 0 Å². The Hall–Kier alpha value is -4.71. The Morgan fingerprint density at radius 2 is 1.35 bits per heavy atom. The zero-order valence-corrected chi connectivity index (χ0v) is 18.3. The summed E-state index contributed by atoms with van der Waals surface area (Å²) >= 11 is 0. The molecule has 6 heteroatoms. The van der Waals surface area contributed by atoms with Crippen LogP contribution in [0.5, 0.6) is 0 Å². The monoisotopic (exact) mass is 443 g/mol. The molecule has 164 valence electrons. The molecule has 0 aliphatic carbocycles. The number of hydrogen-bond acceptors (Lipinski definition) is 5. The molecule has 0 atom stereocenters. The van der Waals surface area contributed by atoms with Gasteiger partial charge in [-0.05, 0) is 65.2 Å². The van der Waals surface area contributed by atoms with Crippen LogP contribution in [0.15, 0.2) is 110 Å². The average molecular weight is 444 g/mol. The molecule has 34 heavy (non-hydrogen) atoms. The van der Waals surface area contributed by atoms with E-state index in [-0.39, 0.29) is 5.91 Å². The van der Waals surface area contributed by atoms with E-state index >= 15 is 0 Å². The number of rotatable bonds is 6. The van der Waals surface area contributed by atoms with E-state index in [2.05, 4.69) is 20.3 Å². The highest BCUT2D eigenvalue weighted by Gasteiger charge is 2.11. The maximum atomic E-state index is 12.3. The molecule has 1 aromatic carbocycles. The molecular weight excluding hydrogens is 422 g/mol. The molecule has 0 spiro atoms. The summed E-state index contributed by atoms with van der Waals surface area (Å²) in [6.07, 6.45) is 6.73. The molecule has 0 aliphatic rings. The second-order valence-electron chi connectivity index (χ2n) is 7.68. The predicted octanol–water partition coefficient (Wildman–Crippen LogP) is 5.20. The van der Waals surface area contributed by atoms with Crippen LogP contribution in [-0.4, -0.2) is 25.8 Å². The number of hydrogen-bond donors (Lipinski definition) is 1. The SMILES string of the molecule is O=C(NCc1ccc(-c2cc(-c3ccccn3)nc(-c3ccccn3)c2)cc1)c1cccnc1. The summed E-state index contributed by atoms with van der Waals surface area (Å²) in [6, 6.07) is 27.3. The fourth-order valence-electron chi connectivity index (χ4n) is 3.58. The summed E-state index contributed by atoms with van der Waals surface area (Å²) in [4.78, 5) is 30.0. The highest BCUT2D eigenvalue weighted by Crippen LogP contribution is 2.29. The molecule has 0 unspecified atom stereocenters. The first-order chi connectivity index (χ1) is 16.8. The number of carbonyl (C=O) groups is 1. The van der Waals surface area contributed by atoms with E-state index in [9.17, 15) is 4.79 Å². The van der Waals surface area contributed by atoms with E-state index < -0.39 is 0 Å². The van der Waals surface area contributed by atoms with Gasteiger partial charge in [0.25, 0.3) is 5.91 Å². The molecule has 4 heterocycles. The van der Waals surface area contributed by atoms with Crippen LogP contribution in [0.2, 0.25) is 0 Å². The molecule has 0 radical (unpaired) electrons. The van der Waals surface area contributed by atoms with Crippen molar-refractivity contribution in [1.82, 2.24) is 25.3 Å². The van der Waals surface area contributed by atoms with E-state index in [1.165, 1.54) is 0 Å². The highest BCUT2D eigenvalue weighted by atomic mass is 16.1. The molecule has 1 N–H and O–H groups in total. The molecule has 0 aliphatic heterocycles. The third-order valence-electron chi connectivity index (χ3n) is 5.34. The number of nitrogens with zero attached hydrogens (tertiary/aromatic N) is 4. The van der Waals surface area contributed by atoms with Crippen molar-refractivity contribution in [2.75, 3.05) is 0 Å². The van der Waals surface area contributed by atoms with Crippen LogP contribution in [0.25, 0.3) is 33.9 Å². The van der Waals surface area contributed by atoms with Crippen molar-refractivity contribution in [2.24, 2.45) is 0 Å². The Labute approximate surface area is 197 Å². The Morgan fingerprint density at radius 3 is 1.91 bits per heavy atom. The van der Waals surface area contributed by atoms with Gasteiger partial charge in [0.1, 0.15) is 0 Å². The quantitative estimate of drug-likeness (QED) is 0.390. The van der Waals surface area contributed by atoms with Crippen LogP contribution in [0.4, 0.5) is 0 Å². The van der Waals surface area contributed by atoms with Gasteiger partial charge >= 0.3 is 0 Å². The molecule has 5 aromatic rings. The molecule has 0 saturated heterocycles. The highest BCUT2D eigenvalue weighted by molar-refractivity contribution is 5.93. The van der Waals surface area contributed by atoms with Crippen molar-refractivity contribution in [3.8, 4) is 33.9 Å². The van der Waals surface area contributed by atoms with Gasteiger partial charge in [-0.2, -0.15) is 0 Å². The second-order valence-corrected chi connectivity index (χ2v) is 7.68. The van der Waals surface area contributed by atoms with Crippen molar-refractivity contribution in [3.05, 3.63) is 121 Å². The van der Waals surface area contributed by atoms with Crippen molar-refractivity contribution < 1.29 is 4.79 Å². The first-order valence-electron chi connectivity index (χ1n) is 10.9. The summed E-state index contributed by atoms with van der Waals surface area (Å²) in [5.41, 5.74) is 6.77. The number of benzene rings is 1. The van der Waals surface area contributed by atoms with Crippen LogP contribution in [0.1, 0.15) is 15.9 Å². The molecule has 6 nitrogen and oxygen atoms in total. The number of carbonyl (C=O) groups excluding carboxylic acids is 1. The zero-order valence-electron chi connectivity index (χ0n) is 18.3. The lowest BCUT2D eigenvalue weighted by Gasteiger charge is -2.10. The second kappa shape index (κ2) is 9.83. The van der Waals surface area contributed by atoms with Crippen molar-refractivity contribution in [1.29, 1.82) is 0 Å². The fourth-order valence-corrected chi connectivity index (χ4v) is 3.58. The lowest BCUT2D eigenvalue weighted by molar-refractivity contribution is 0.0950. The number of pyridine rings is 4. The first kappa shape index (κ1) is 21.2. The van der Waals surface area contributed by atoms with E-state index in [0.717, 1.165) is 39.5 Å².